The monoisotopic (exact) mass is 345 g/mol. The van der Waals surface area contributed by atoms with Gasteiger partial charge in [0.2, 0.25) is 0 Å². The van der Waals surface area contributed by atoms with Crippen LogP contribution in [0.15, 0.2) is 36.8 Å². The van der Waals surface area contributed by atoms with Crippen LogP contribution in [0, 0.1) is 5.82 Å². The van der Waals surface area contributed by atoms with E-state index in [0.29, 0.717) is 19.0 Å². The zero-order chi connectivity index (χ0) is 18.0. The molecule has 0 radical (unpaired) electrons. The molecule has 1 fully saturated rings. The van der Waals surface area contributed by atoms with Gasteiger partial charge in [-0.25, -0.2) is 14.2 Å². The third-order valence-corrected chi connectivity index (χ3v) is 4.27. The van der Waals surface area contributed by atoms with E-state index in [1.807, 2.05) is 37.6 Å². The molecule has 5 nitrogen and oxygen atoms in total. The molecule has 0 saturated carbocycles. The highest BCUT2D eigenvalue weighted by Crippen LogP contribution is 2.28. The Hall–Kier alpha value is -2.37. The summed E-state index contributed by atoms with van der Waals surface area (Å²) in [5, 5.41) is 0. The molecule has 1 amide bonds. The average molecular weight is 345 g/mol. The lowest BCUT2D eigenvalue weighted by Gasteiger charge is -2.32. The molecule has 25 heavy (non-hydrogen) atoms. The maximum absolute atomic E-state index is 13.4. The fourth-order valence-corrected chi connectivity index (χ4v) is 3.01. The summed E-state index contributed by atoms with van der Waals surface area (Å²) in [6.45, 7) is 6.93. The second-order valence-corrected chi connectivity index (χ2v) is 7.43. The van der Waals surface area contributed by atoms with Crippen LogP contribution in [0.25, 0.3) is 5.69 Å². The normalized spacial score (nSPS) is 16.1. The van der Waals surface area contributed by atoms with Gasteiger partial charge in [0.15, 0.2) is 0 Å². The molecule has 1 saturated heterocycles. The summed E-state index contributed by atoms with van der Waals surface area (Å²) in [5.74, 6) is 0.0342. The molecule has 0 spiro atoms. The van der Waals surface area contributed by atoms with E-state index in [0.717, 1.165) is 24.2 Å². The van der Waals surface area contributed by atoms with E-state index in [-0.39, 0.29) is 11.9 Å². The first-order chi connectivity index (χ1) is 11.8. The number of hydrogen-bond donors (Lipinski definition) is 0. The molecule has 0 bridgehead atoms. The van der Waals surface area contributed by atoms with Gasteiger partial charge >= 0.3 is 6.09 Å². The minimum Gasteiger partial charge on any atom is -0.444 e. The topological polar surface area (TPSA) is 47.4 Å². The molecule has 3 rings (SSSR count). The van der Waals surface area contributed by atoms with E-state index in [4.69, 9.17) is 4.74 Å². The Balaban J connectivity index is 1.61. The largest absolute Gasteiger partial charge is 0.444 e. The SMILES string of the molecule is CC(C)(C)OC(=O)N1CCC(c2cn(-c3cccc(F)c3)cn2)CC1. The van der Waals surface area contributed by atoms with Crippen molar-refractivity contribution in [2.45, 2.75) is 45.1 Å². The molecule has 0 atom stereocenters. The van der Waals surface area contributed by atoms with Crippen LogP contribution in [0.4, 0.5) is 9.18 Å². The van der Waals surface area contributed by atoms with Crippen LogP contribution in [0.3, 0.4) is 0 Å². The Kier molecular flexibility index (Phi) is 4.79. The summed E-state index contributed by atoms with van der Waals surface area (Å²) < 4.78 is 20.6. The fourth-order valence-electron chi connectivity index (χ4n) is 3.01. The van der Waals surface area contributed by atoms with Crippen LogP contribution in [0.5, 0.6) is 0 Å². The van der Waals surface area contributed by atoms with E-state index >= 15 is 0 Å². The molecular weight excluding hydrogens is 321 g/mol. The van der Waals surface area contributed by atoms with Crippen LogP contribution >= 0.6 is 0 Å². The highest BCUT2D eigenvalue weighted by molar-refractivity contribution is 5.68. The van der Waals surface area contributed by atoms with Crippen LogP contribution < -0.4 is 0 Å². The molecule has 0 aliphatic carbocycles. The van der Waals surface area contributed by atoms with Gasteiger partial charge in [-0.15, -0.1) is 0 Å². The lowest BCUT2D eigenvalue weighted by atomic mass is 9.94. The number of hydrogen-bond acceptors (Lipinski definition) is 3. The third kappa shape index (κ3) is 4.38. The van der Waals surface area contributed by atoms with Crippen LogP contribution in [0.1, 0.15) is 45.2 Å². The number of aromatic nitrogens is 2. The van der Waals surface area contributed by atoms with Gasteiger partial charge in [0.1, 0.15) is 11.4 Å². The van der Waals surface area contributed by atoms with E-state index in [1.54, 1.807) is 17.3 Å². The van der Waals surface area contributed by atoms with Gasteiger partial charge in [0.05, 0.1) is 12.0 Å². The summed E-state index contributed by atoms with van der Waals surface area (Å²) in [6.07, 6.45) is 5.10. The second kappa shape index (κ2) is 6.86. The highest BCUT2D eigenvalue weighted by Gasteiger charge is 2.28. The first kappa shape index (κ1) is 17.5. The predicted octanol–water partition coefficient (Wildman–Crippen LogP) is 4.13. The van der Waals surface area contributed by atoms with Crippen molar-refractivity contribution < 1.29 is 13.9 Å². The molecule has 1 aliphatic rings. The predicted molar refractivity (Wildman–Crippen MR) is 93.3 cm³/mol. The number of amides is 1. The van der Waals surface area contributed by atoms with Gasteiger partial charge < -0.3 is 14.2 Å². The molecule has 134 valence electrons. The maximum Gasteiger partial charge on any atom is 0.410 e. The quantitative estimate of drug-likeness (QED) is 0.822. The van der Waals surface area contributed by atoms with Crippen molar-refractivity contribution in [3.63, 3.8) is 0 Å². The van der Waals surface area contributed by atoms with Crippen molar-refractivity contribution in [3.8, 4) is 5.69 Å². The lowest BCUT2D eigenvalue weighted by Crippen LogP contribution is -2.41. The fraction of sp³-hybridized carbons (Fsp3) is 0.474. The molecule has 0 unspecified atom stereocenters. The number of likely N-dealkylation sites (tertiary alicyclic amines) is 1. The van der Waals surface area contributed by atoms with E-state index in [9.17, 15) is 9.18 Å². The molecule has 2 heterocycles. The van der Waals surface area contributed by atoms with Gasteiger partial charge in [0, 0.05) is 30.9 Å². The number of ether oxygens (including phenoxy) is 1. The lowest BCUT2D eigenvalue weighted by molar-refractivity contribution is 0.0204. The summed E-state index contributed by atoms with van der Waals surface area (Å²) in [7, 11) is 0. The van der Waals surface area contributed by atoms with Crippen LogP contribution in [-0.2, 0) is 4.74 Å². The standard InChI is InChI=1S/C19H24FN3O2/c1-19(2,3)25-18(24)22-9-7-14(8-10-22)17-12-23(13-21-17)16-6-4-5-15(20)11-16/h4-6,11-14H,7-10H2,1-3H3. The van der Waals surface area contributed by atoms with Gasteiger partial charge in [-0.05, 0) is 51.8 Å². The first-order valence-electron chi connectivity index (χ1n) is 8.59. The van der Waals surface area contributed by atoms with Gasteiger partial charge in [0.25, 0.3) is 0 Å². The maximum atomic E-state index is 13.4. The number of piperidine rings is 1. The number of carbonyl (C=O) groups is 1. The van der Waals surface area contributed by atoms with Crippen LogP contribution in [-0.4, -0.2) is 39.2 Å². The molecule has 2 aromatic rings. The number of rotatable bonds is 2. The van der Waals surface area contributed by atoms with E-state index in [1.165, 1.54) is 12.1 Å². The Labute approximate surface area is 147 Å². The Morgan fingerprint density at radius 3 is 2.64 bits per heavy atom. The number of imidazole rings is 1. The number of carbonyl (C=O) groups excluding carboxylic acids is 1. The molecule has 1 aromatic heterocycles. The summed E-state index contributed by atoms with van der Waals surface area (Å²) in [4.78, 5) is 18.4. The number of nitrogens with zero attached hydrogens (tertiary/aromatic N) is 3. The second-order valence-electron chi connectivity index (χ2n) is 7.43. The van der Waals surface area contributed by atoms with Crippen molar-refractivity contribution in [1.29, 1.82) is 0 Å². The molecular formula is C19H24FN3O2. The highest BCUT2D eigenvalue weighted by atomic mass is 19.1. The van der Waals surface area contributed by atoms with Gasteiger partial charge in [-0.1, -0.05) is 6.07 Å². The van der Waals surface area contributed by atoms with Crippen molar-refractivity contribution in [1.82, 2.24) is 14.5 Å². The van der Waals surface area contributed by atoms with Crippen molar-refractivity contribution in [3.05, 3.63) is 48.3 Å². The van der Waals surface area contributed by atoms with Crippen molar-refractivity contribution >= 4 is 6.09 Å². The third-order valence-electron chi connectivity index (χ3n) is 4.27. The van der Waals surface area contributed by atoms with E-state index in [2.05, 4.69) is 4.98 Å². The number of benzene rings is 1. The smallest absolute Gasteiger partial charge is 0.410 e. The minimum absolute atomic E-state index is 0.253. The average Bonchev–Trinajstić information content (AvgIpc) is 3.03. The number of halogens is 1. The molecule has 0 N–H and O–H groups in total. The molecule has 1 aromatic carbocycles. The Bertz CT molecular complexity index is 743. The molecule has 1 aliphatic heterocycles. The van der Waals surface area contributed by atoms with Gasteiger partial charge in [-0.3, -0.25) is 0 Å². The van der Waals surface area contributed by atoms with E-state index < -0.39 is 5.60 Å². The summed E-state index contributed by atoms with van der Waals surface area (Å²) in [6, 6.07) is 6.44. The van der Waals surface area contributed by atoms with Crippen molar-refractivity contribution in [2.24, 2.45) is 0 Å². The zero-order valence-corrected chi connectivity index (χ0v) is 14.9. The minimum atomic E-state index is -0.475. The summed E-state index contributed by atoms with van der Waals surface area (Å²) >= 11 is 0. The van der Waals surface area contributed by atoms with Crippen molar-refractivity contribution in [2.75, 3.05) is 13.1 Å². The summed E-state index contributed by atoms with van der Waals surface area (Å²) in [5.41, 5.74) is 1.26. The van der Waals surface area contributed by atoms with Gasteiger partial charge in [-0.2, -0.15) is 0 Å². The molecule has 6 heteroatoms. The van der Waals surface area contributed by atoms with Crippen LogP contribution in [0.2, 0.25) is 0 Å². The Morgan fingerprint density at radius 1 is 1.28 bits per heavy atom. The zero-order valence-electron chi connectivity index (χ0n) is 14.9. The first-order valence-corrected chi connectivity index (χ1v) is 8.59. The Morgan fingerprint density at radius 2 is 2.00 bits per heavy atom.